The monoisotopic (exact) mass is 197 g/mol. The highest BCUT2D eigenvalue weighted by atomic mass is 31.0. The van der Waals surface area contributed by atoms with Crippen molar-refractivity contribution in [3.8, 4) is 0 Å². The fourth-order valence-corrected chi connectivity index (χ4v) is 4.18. The molecule has 2 bridgehead atoms. The van der Waals surface area contributed by atoms with E-state index >= 15 is 0 Å². The SMILES string of the molecule is O=C1NC(=O)C2C3CC(CC3P)C12. The summed E-state index contributed by atoms with van der Waals surface area (Å²) in [4.78, 5) is 22.9. The third-order valence-electron chi connectivity index (χ3n) is 3.91. The maximum Gasteiger partial charge on any atom is 0.230 e. The molecule has 6 unspecified atom stereocenters. The van der Waals surface area contributed by atoms with E-state index in [1.807, 2.05) is 0 Å². The summed E-state index contributed by atoms with van der Waals surface area (Å²) in [5.41, 5.74) is 0.558. The van der Waals surface area contributed by atoms with Crippen LogP contribution in [-0.2, 0) is 9.59 Å². The van der Waals surface area contributed by atoms with Gasteiger partial charge < -0.3 is 0 Å². The Balaban J connectivity index is 2.00. The third kappa shape index (κ3) is 0.838. The van der Waals surface area contributed by atoms with Gasteiger partial charge in [0.25, 0.3) is 0 Å². The first kappa shape index (κ1) is 7.93. The van der Waals surface area contributed by atoms with Gasteiger partial charge in [0.2, 0.25) is 11.8 Å². The van der Waals surface area contributed by atoms with Crippen LogP contribution in [0.25, 0.3) is 0 Å². The minimum atomic E-state index is -0.0188. The van der Waals surface area contributed by atoms with Gasteiger partial charge in [-0.15, -0.1) is 9.24 Å². The lowest BCUT2D eigenvalue weighted by molar-refractivity contribution is -0.126. The molecule has 0 aromatic carbocycles. The van der Waals surface area contributed by atoms with Gasteiger partial charge in [0, 0.05) is 0 Å². The molecule has 0 spiro atoms. The Hall–Kier alpha value is -0.430. The van der Waals surface area contributed by atoms with Gasteiger partial charge in [-0.2, -0.15) is 0 Å². The van der Waals surface area contributed by atoms with E-state index in [0.29, 0.717) is 17.5 Å². The number of nitrogens with one attached hydrogen (secondary N) is 1. The summed E-state index contributed by atoms with van der Waals surface area (Å²) in [5.74, 6) is 0.924. The van der Waals surface area contributed by atoms with Crippen LogP contribution in [0.5, 0.6) is 0 Å². The largest absolute Gasteiger partial charge is 0.296 e. The molecule has 4 heteroatoms. The highest BCUT2D eigenvalue weighted by Gasteiger charge is 2.60. The molecule has 1 N–H and O–H groups in total. The topological polar surface area (TPSA) is 46.2 Å². The molecule has 0 aromatic rings. The van der Waals surface area contributed by atoms with Crippen molar-refractivity contribution in [1.29, 1.82) is 0 Å². The molecule has 1 saturated heterocycles. The van der Waals surface area contributed by atoms with Crippen LogP contribution in [0, 0.1) is 23.7 Å². The summed E-state index contributed by atoms with van der Waals surface area (Å²) in [7, 11) is 2.82. The molecule has 3 aliphatic rings. The Morgan fingerprint density at radius 3 is 2.62 bits per heavy atom. The highest BCUT2D eigenvalue weighted by Crippen LogP contribution is 2.56. The van der Waals surface area contributed by atoms with Gasteiger partial charge in [-0.1, -0.05) is 0 Å². The number of amides is 2. The Kier molecular flexibility index (Phi) is 1.42. The summed E-state index contributed by atoms with van der Waals surface area (Å²) >= 11 is 0. The van der Waals surface area contributed by atoms with Crippen LogP contribution in [-0.4, -0.2) is 17.5 Å². The average molecular weight is 197 g/mol. The minimum Gasteiger partial charge on any atom is -0.296 e. The predicted octanol–water partition coefficient (Wildman–Crippen LogP) is 0.159. The van der Waals surface area contributed by atoms with Crippen LogP contribution >= 0.6 is 9.24 Å². The summed E-state index contributed by atoms with van der Waals surface area (Å²) in [6.07, 6.45) is 2.19. The molecule has 6 atom stereocenters. The van der Waals surface area contributed by atoms with Crippen molar-refractivity contribution in [2.75, 3.05) is 0 Å². The quantitative estimate of drug-likeness (QED) is 0.444. The van der Waals surface area contributed by atoms with Gasteiger partial charge in [0.15, 0.2) is 0 Å². The number of hydrogen-bond acceptors (Lipinski definition) is 2. The first-order valence-electron chi connectivity index (χ1n) is 4.79. The lowest BCUT2D eigenvalue weighted by atomic mass is 9.81. The summed E-state index contributed by atoms with van der Waals surface area (Å²) in [6.45, 7) is 0. The number of carbonyl (C=O) groups is 2. The molecule has 0 radical (unpaired) electrons. The van der Waals surface area contributed by atoms with Gasteiger partial charge in [-0.25, -0.2) is 0 Å². The fraction of sp³-hybridized carbons (Fsp3) is 0.778. The molecule has 70 valence electrons. The Labute approximate surface area is 78.8 Å². The normalized spacial score (nSPS) is 52.5. The van der Waals surface area contributed by atoms with Gasteiger partial charge in [-0.3, -0.25) is 14.9 Å². The zero-order valence-electron chi connectivity index (χ0n) is 7.19. The molecule has 1 aliphatic heterocycles. The van der Waals surface area contributed by atoms with Crippen LogP contribution in [0.4, 0.5) is 0 Å². The number of carbonyl (C=O) groups excluding carboxylic acids is 2. The Bertz CT molecular complexity index is 304. The zero-order valence-corrected chi connectivity index (χ0v) is 8.35. The standard InChI is InChI=1S/C9H12NO2P/c11-8-6-3-1-4(5(13)2-3)7(6)9(12)10-8/h3-7H,1-2,13H2,(H,10,11,12). The fourth-order valence-electron chi connectivity index (χ4n) is 3.43. The first-order chi connectivity index (χ1) is 6.18. The molecule has 3 fully saturated rings. The second kappa shape index (κ2) is 2.33. The van der Waals surface area contributed by atoms with Gasteiger partial charge in [-0.05, 0) is 30.3 Å². The molecule has 2 amide bonds. The van der Waals surface area contributed by atoms with E-state index in [4.69, 9.17) is 0 Å². The summed E-state index contributed by atoms with van der Waals surface area (Å²) in [6, 6.07) is 0. The predicted molar refractivity (Wildman–Crippen MR) is 49.8 cm³/mol. The van der Waals surface area contributed by atoms with Crippen molar-refractivity contribution in [2.24, 2.45) is 23.7 Å². The number of fused-ring (bicyclic) bond motifs is 5. The maximum absolute atomic E-state index is 11.5. The lowest BCUT2D eigenvalue weighted by Gasteiger charge is -2.25. The van der Waals surface area contributed by atoms with Crippen molar-refractivity contribution in [3.63, 3.8) is 0 Å². The summed E-state index contributed by atoms with van der Waals surface area (Å²) < 4.78 is 0. The number of rotatable bonds is 0. The number of hydrogen-bond donors (Lipinski definition) is 1. The first-order valence-corrected chi connectivity index (χ1v) is 5.45. The highest BCUT2D eigenvalue weighted by molar-refractivity contribution is 7.17. The molecule has 3 rings (SSSR count). The molecule has 13 heavy (non-hydrogen) atoms. The Morgan fingerprint density at radius 2 is 1.85 bits per heavy atom. The lowest BCUT2D eigenvalue weighted by Crippen LogP contribution is -2.30. The van der Waals surface area contributed by atoms with Crippen molar-refractivity contribution in [3.05, 3.63) is 0 Å². The van der Waals surface area contributed by atoms with Crippen LogP contribution < -0.4 is 5.32 Å². The van der Waals surface area contributed by atoms with Gasteiger partial charge >= 0.3 is 0 Å². The van der Waals surface area contributed by atoms with Crippen LogP contribution in [0.3, 0.4) is 0 Å². The van der Waals surface area contributed by atoms with Crippen molar-refractivity contribution < 1.29 is 9.59 Å². The van der Waals surface area contributed by atoms with E-state index < -0.39 is 0 Å². The molecule has 3 nitrogen and oxygen atoms in total. The number of imide groups is 1. The molecular formula is C9H12NO2P. The minimum absolute atomic E-state index is 0.00810. The molecular weight excluding hydrogens is 185 g/mol. The van der Waals surface area contributed by atoms with E-state index in [9.17, 15) is 9.59 Å². The molecule has 0 aromatic heterocycles. The second-order valence-electron chi connectivity index (χ2n) is 4.46. The van der Waals surface area contributed by atoms with Gasteiger partial charge in [0.05, 0.1) is 11.8 Å². The molecule has 1 heterocycles. The van der Waals surface area contributed by atoms with E-state index in [0.717, 1.165) is 12.8 Å². The van der Waals surface area contributed by atoms with Crippen molar-refractivity contribution in [1.82, 2.24) is 5.32 Å². The van der Waals surface area contributed by atoms with E-state index in [-0.39, 0.29) is 23.7 Å². The third-order valence-corrected chi connectivity index (χ3v) is 4.67. The zero-order chi connectivity index (χ0) is 9.16. The van der Waals surface area contributed by atoms with E-state index in [1.165, 1.54) is 0 Å². The Morgan fingerprint density at radius 1 is 1.15 bits per heavy atom. The smallest absolute Gasteiger partial charge is 0.230 e. The molecule has 2 aliphatic carbocycles. The molecule has 2 saturated carbocycles. The van der Waals surface area contributed by atoms with Gasteiger partial charge in [0.1, 0.15) is 0 Å². The van der Waals surface area contributed by atoms with E-state index in [2.05, 4.69) is 14.6 Å². The van der Waals surface area contributed by atoms with Crippen molar-refractivity contribution >= 4 is 21.1 Å². The maximum atomic E-state index is 11.5. The van der Waals surface area contributed by atoms with E-state index in [1.54, 1.807) is 0 Å². The van der Waals surface area contributed by atoms with Crippen LogP contribution in [0.2, 0.25) is 0 Å². The van der Waals surface area contributed by atoms with Crippen LogP contribution in [0.1, 0.15) is 12.8 Å². The average Bonchev–Trinajstić information content (AvgIpc) is 2.64. The summed E-state index contributed by atoms with van der Waals surface area (Å²) in [5, 5.41) is 2.45. The van der Waals surface area contributed by atoms with Crippen molar-refractivity contribution in [2.45, 2.75) is 18.5 Å². The second-order valence-corrected chi connectivity index (χ2v) is 5.32. The van der Waals surface area contributed by atoms with Crippen LogP contribution in [0.15, 0.2) is 0 Å².